The molecule has 2 amide bonds. The molecule has 1 saturated heterocycles. The molecule has 27 heavy (non-hydrogen) atoms. The predicted octanol–water partition coefficient (Wildman–Crippen LogP) is 0.426. The zero-order valence-electron chi connectivity index (χ0n) is 15.5. The van der Waals surface area contributed by atoms with Gasteiger partial charge in [-0.25, -0.2) is 4.98 Å². The maximum Gasteiger partial charge on any atom is 0.233 e. The van der Waals surface area contributed by atoms with Crippen molar-refractivity contribution in [1.82, 2.24) is 19.5 Å². The third kappa shape index (κ3) is 3.61. The highest BCUT2D eigenvalue weighted by Gasteiger charge is 2.44. The number of aliphatic hydroxyl groups excluding tert-OH is 1. The fourth-order valence-electron chi connectivity index (χ4n) is 3.10. The number of nitrogens with zero attached hydrogens (tertiary/aromatic N) is 4. The summed E-state index contributed by atoms with van der Waals surface area (Å²) in [4.78, 5) is 35.6. The molecule has 3 rings (SSSR count). The molecule has 1 aliphatic heterocycles. The molecule has 1 fully saturated rings. The van der Waals surface area contributed by atoms with Gasteiger partial charge in [-0.1, -0.05) is 6.92 Å². The summed E-state index contributed by atoms with van der Waals surface area (Å²) in [6, 6.07) is 0. The first-order valence-electron chi connectivity index (χ1n) is 8.51. The van der Waals surface area contributed by atoms with Crippen LogP contribution in [0.1, 0.15) is 33.4 Å². The van der Waals surface area contributed by atoms with Gasteiger partial charge in [0.05, 0.1) is 12.4 Å². The summed E-state index contributed by atoms with van der Waals surface area (Å²) in [6.07, 6.45) is -0.435. The summed E-state index contributed by atoms with van der Waals surface area (Å²) < 4.78 is 13.0. The molecule has 0 bridgehead atoms. The van der Waals surface area contributed by atoms with Crippen LogP contribution in [0.15, 0.2) is 6.33 Å². The number of rotatable bonds is 5. The summed E-state index contributed by atoms with van der Waals surface area (Å²) in [5.74, 6) is -0.524. The van der Waals surface area contributed by atoms with E-state index in [2.05, 4.69) is 25.6 Å². The fraction of sp³-hybridized carbons (Fsp3) is 0.562. The Morgan fingerprint density at radius 1 is 1.30 bits per heavy atom. The van der Waals surface area contributed by atoms with Gasteiger partial charge in [-0.05, 0) is 6.42 Å². The van der Waals surface area contributed by atoms with E-state index in [4.69, 9.17) is 9.47 Å². The maximum absolute atomic E-state index is 11.5. The topological polar surface area (TPSA) is 140 Å². The Balaban J connectivity index is 2.11. The molecule has 11 heteroatoms. The van der Waals surface area contributed by atoms with E-state index in [0.29, 0.717) is 17.6 Å². The smallest absolute Gasteiger partial charge is 0.233 e. The first-order chi connectivity index (χ1) is 12.8. The van der Waals surface area contributed by atoms with Crippen molar-refractivity contribution >= 4 is 34.7 Å². The molecule has 4 atom stereocenters. The van der Waals surface area contributed by atoms with Crippen molar-refractivity contribution < 1.29 is 24.2 Å². The van der Waals surface area contributed by atoms with Crippen molar-refractivity contribution in [3.8, 4) is 0 Å². The Bertz CT molecular complexity index is 868. The molecule has 0 saturated carbocycles. The molecule has 3 N–H and O–H groups in total. The Morgan fingerprint density at radius 2 is 2.00 bits per heavy atom. The van der Waals surface area contributed by atoms with Crippen molar-refractivity contribution in [1.29, 1.82) is 0 Å². The van der Waals surface area contributed by atoms with E-state index in [1.54, 1.807) is 4.57 Å². The minimum Gasteiger partial charge on any atom is -0.388 e. The van der Waals surface area contributed by atoms with Crippen LogP contribution in [-0.2, 0) is 19.1 Å². The number of aliphatic hydroxyl groups is 1. The van der Waals surface area contributed by atoms with Crippen LogP contribution in [-0.4, -0.2) is 61.9 Å². The summed E-state index contributed by atoms with van der Waals surface area (Å²) >= 11 is 0. The number of carbonyl (C=O) groups excluding carboxylic acids is 2. The van der Waals surface area contributed by atoms with Crippen LogP contribution in [0.2, 0.25) is 0 Å². The number of carbonyl (C=O) groups is 2. The van der Waals surface area contributed by atoms with Crippen LogP contribution in [0.25, 0.3) is 11.2 Å². The molecule has 1 unspecified atom stereocenters. The Morgan fingerprint density at radius 3 is 2.59 bits per heavy atom. The first kappa shape index (κ1) is 19.1. The minimum absolute atomic E-state index is 0.0139. The summed E-state index contributed by atoms with van der Waals surface area (Å²) in [6.45, 7) is 4.57. The molecule has 0 radical (unpaired) electrons. The quantitative estimate of drug-likeness (QED) is 0.680. The van der Waals surface area contributed by atoms with Crippen molar-refractivity contribution in [3.05, 3.63) is 6.33 Å². The zero-order valence-corrected chi connectivity index (χ0v) is 15.5. The van der Waals surface area contributed by atoms with Gasteiger partial charge in [-0.15, -0.1) is 0 Å². The highest BCUT2D eigenvalue weighted by molar-refractivity contribution is 5.97. The molecular weight excluding hydrogens is 356 g/mol. The van der Waals surface area contributed by atoms with Crippen molar-refractivity contribution in [2.45, 2.75) is 51.7 Å². The van der Waals surface area contributed by atoms with Crippen LogP contribution in [0.3, 0.4) is 0 Å². The monoisotopic (exact) mass is 378 g/mol. The van der Waals surface area contributed by atoms with E-state index in [1.807, 2.05) is 6.92 Å². The van der Waals surface area contributed by atoms with Crippen LogP contribution < -0.4 is 10.6 Å². The summed E-state index contributed by atoms with van der Waals surface area (Å²) in [5, 5.41) is 15.5. The van der Waals surface area contributed by atoms with Crippen LogP contribution >= 0.6 is 0 Å². The highest BCUT2D eigenvalue weighted by atomic mass is 16.6. The number of fused-ring (bicyclic) bond motifs is 1. The van der Waals surface area contributed by atoms with Crippen molar-refractivity contribution in [3.63, 3.8) is 0 Å². The first-order valence-corrected chi connectivity index (χ1v) is 8.51. The highest BCUT2D eigenvalue weighted by Crippen LogP contribution is 2.35. The number of amides is 2. The third-order valence-electron chi connectivity index (χ3n) is 4.27. The van der Waals surface area contributed by atoms with Gasteiger partial charge in [-0.2, -0.15) is 9.97 Å². The molecule has 3 heterocycles. The standard InChI is InChI=1S/C16H22N6O5/c1-5-9-11(25)12(26-4)15(27-9)22-6-17-10-13(18-7(2)23)20-16(19-8(3)24)21-14(10)22/h6,9,11-12,15,25H,5H2,1-4H3,(H2,18,19,20,21,23,24)/t9-,11+,12?,15-/m1/s1. The van der Waals surface area contributed by atoms with Crippen LogP contribution in [0.5, 0.6) is 0 Å². The number of hydrogen-bond acceptors (Lipinski definition) is 8. The molecule has 0 aromatic carbocycles. The molecule has 11 nitrogen and oxygen atoms in total. The Hall–Kier alpha value is -2.63. The van der Waals surface area contributed by atoms with E-state index in [9.17, 15) is 14.7 Å². The normalized spacial score (nSPS) is 24.9. The fourth-order valence-corrected chi connectivity index (χ4v) is 3.10. The van der Waals surface area contributed by atoms with Crippen LogP contribution in [0, 0.1) is 0 Å². The minimum atomic E-state index is -0.811. The van der Waals surface area contributed by atoms with Gasteiger partial charge >= 0.3 is 0 Å². The number of anilines is 2. The SMILES string of the molecule is CC[C@H]1O[C@@H](n2cnc3c(NC(C)=O)nc(NC(C)=O)nc32)C(OC)[C@H]1O. The van der Waals surface area contributed by atoms with Gasteiger partial charge < -0.3 is 19.9 Å². The molecule has 2 aromatic rings. The lowest BCUT2D eigenvalue weighted by molar-refractivity contribution is -0.115. The van der Waals surface area contributed by atoms with Gasteiger partial charge in [-0.3, -0.25) is 19.5 Å². The Labute approximate surface area is 155 Å². The Kier molecular flexibility index (Phi) is 5.35. The molecule has 0 spiro atoms. The predicted molar refractivity (Wildman–Crippen MR) is 94.9 cm³/mol. The average molecular weight is 378 g/mol. The number of methoxy groups -OCH3 is 1. The van der Waals surface area contributed by atoms with Gasteiger partial charge in [0.2, 0.25) is 17.8 Å². The molecule has 146 valence electrons. The number of imidazole rings is 1. The number of hydrogen-bond donors (Lipinski definition) is 3. The number of ether oxygens (including phenoxy) is 2. The zero-order chi connectivity index (χ0) is 19.7. The number of aromatic nitrogens is 4. The summed E-state index contributed by atoms with van der Waals surface area (Å²) in [7, 11) is 1.49. The van der Waals surface area contributed by atoms with Gasteiger partial charge in [0.15, 0.2) is 23.2 Å². The molecule has 2 aromatic heterocycles. The van der Waals surface area contributed by atoms with Crippen molar-refractivity contribution in [2.24, 2.45) is 0 Å². The molecule has 0 aliphatic carbocycles. The van der Waals surface area contributed by atoms with Gasteiger partial charge in [0, 0.05) is 21.0 Å². The largest absolute Gasteiger partial charge is 0.388 e. The summed E-state index contributed by atoms with van der Waals surface area (Å²) in [5.41, 5.74) is 0.653. The van der Waals surface area contributed by atoms with E-state index in [1.165, 1.54) is 27.3 Å². The molecular formula is C16H22N6O5. The second-order valence-corrected chi connectivity index (χ2v) is 6.25. The van der Waals surface area contributed by atoms with E-state index < -0.39 is 24.5 Å². The van der Waals surface area contributed by atoms with Gasteiger partial charge in [0.25, 0.3) is 0 Å². The third-order valence-corrected chi connectivity index (χ3v) is 4.27. The van der Waals surface area contributed by atoms with E-state index in [-0.39, 0.29) is 23.6 Å². The van der Waals surface area contributed by atoms with E-state index in [0.717, 1.165) is 0 Å². The van der Waals surface area contributed by atoms with E-state index >= 15 is 0 Å². The second kappa shape index (κ2) is 7.55. The van der Waals surface area contributed by atoms with Crippen molar-refractivity contribution in [2.75, 3.05) is 17.7 Å². The van der Waals surface area contributed by atoms with Crippen LogP contribution in [0.4, 0.5) is 11.8 Å². The van der Waals surface area contributed by atoms with Gasteiger partial charge in [0.1, 0.15) is 12.2 Å². The second-order valence-electron chi connectivity index (χ2n) is 6.25. The average Bonchev–Trinajstić information content (AvgIpc) is 3.14. The molecule has 1 aliphatic rings. The lowest BCUT2D eigenvalue weighted by Gasteiger charge is -2.20. The lowest BCUT2D eigenvalue weighted by Crippen LogP contribution is -2.33. The lowest BCUT2D eigenvalue weighted by atomic mass is 10.1. The maximum atomic E-state index is 11.5. The number of nitrogens with one attached hydrogen (secondary N) is 2.